The van der Waals surface area contributed by atoms with Crippen molar-refractivity contribution in [1.29, 1.82) is 0 Å². The molecule has 0 aliphatic heterocycles. The summed E-state index contributed by atoms with van der Waals surface area (Å²) in [6, 6.07) is 8.37. The van der Waals surface area contributed by atoms with Gasteiger partial charge in [-0.25, -0.2) is 4.39 Å². The van der Waals surface area contributed by atoms with Crippen LogP contribution in [0.25, 0.3) is 0 Å². The van der Waals surface area contributed by atoms with E-state index in [1.807, 2.05) is 13.8 Å². The summed E-state index contributed by atoms with van der Waals surface area (Å²) in [6.07, 6.45) is 0.0659. The van der Waals surface area contributed by atoms with Crippen molar-refractivity contribution in [3.63, 3.8) is 0 Å². The van der Waals surface area contributed by atoms with Crippen LogP contribution in [0.15, 0.2) is 36.4 Å². The molecule has 1 atom stereocenters. The fraction of sp³-hybridized carbons (Fsp3) is 0.364. The quantitative estimate of drug-likeness (QED) is 0.538. The second kappa shape index (κ2) is 11.0. The minimum atomic E-state index is -0.780. The van der Waals surface area contributed by atoms with Crippen LogP contribution in [-0.4, -0.2) is 28.8 Å². The summed E-state index contributed by atoms with van der Waals surface area (Å²) in [6.45, 7) is 5.48. The lowest BCUT2D eigenvalue weighted by atomic mass is 10.1. The Morgan fingerprint density at radius 1 is 1.00 bits per heavy atom. The van der Waals surface area contributed by atoms with E-state index in [1.54, 1.807) is 25.1 Å². The molecule has 0 radical (unpaired) electrons. The van der Waals surface area contributed by atoms with Gasteiger partial charge in [0.05, 0.1) is 6.42 Å². The molecule has 0 aliphatic carbocycles. The average Bonchev–Trinajstić information content (AvgIpc) is 2.66. The summed E-state index contributed by atoms with van der Waals surface area (Å²) in [7, 11) is 0. The molecule has 1 N–H and O–H groups in total. The largest absolute Gasteiger partial charge is 0.352 e. The van der Waals surface area contributed by atoms with E-state index in [1.165, 1.54) is 23.1 Å². The van der Waals surface area contributed by atoms with Gasteiger partial charge in [0.15, 0.2) is 0 Å². The molecule has 2 aromatic rings. The van der Waals surface area contributed by atoms with Gasteiger partial charge in [-0.3, -0.25) is 9.59 Å². The molecule has 0 saturated heterocycles. The van der Waals surface area contributed by atoms with Gasteiger partial charge in [-0.15, -0.1) is 0 Å². The molecule has 2 aromatic carbocycles. The van der Waals surface area contributed by atoms with Gasteiger partial charge in [0.25, 0.3) is 0 Å². The Morgan fingerprint density at radius 2 is 1.53 bits per heavy atom. The number of amides is 2. The predicted molar refractivity (Wildman–Crippen MR) is 119 cm³/mol. The number of nitrogens with one attached hydrogen (secondary N) is 1. The van der Waals surface area contributed by atoms with Crippen LogP contribution in [0.1, 0.15) is 38.3 Å². The van der Waals surface area contributed by atoms with Crippen molar-refractivity contribution in [2.75, 3.05) is 0 Å². The van der Waals surface area contributed by atoms with Gasteiger partial charge in [-0.05, 0) is 44.5 Å². The Labute approximate surface area is 191 Å². The Kier molecular flexibility index (Phi) is 8.95. The lowest BCUT2D eigenvalue weighted by Crippen LogP contribution is -2.51. The topological polar surface area (TPSA) is 49.4 Å². The molecule has 30 heavy (non-hydrogen) atoms. The van der Waals surface area contributed by atoms with Crippen molar-refractivity contribution >= 4 is 46.6 Å². The SMILES string of the molecule is CC[C@H](C(=O)NC(C)C)N(Cc1c(Cl)cccc1Cl)C(=O)Cc1c(F)cccc1Cl. The van der Waals surface area contributed by atoms with Crippen molar-refractivity contribution < 1.29 is 14.0 Å². The maximum Gasteiger partial charge on any atom is 0.243 e. The lowest BCUT2D eigenvalue weighted by molar-refractivity contribution is -0.141. The van der Waals surface area contributed by atoms with Gasteiger partial charge in [0.1, 0.15) is 11.9 Å². The molecule has 0 spiro atoms. The zero-order chi connectivity index (χ0) is 22.4. The van der Waals surface area contributed by atoms with Crippen molar-refractivity contribution in [3.8, 4) is 0 Å². The van der Waals surface area contributed by atoms with E-state index in [9.17, 15) is 14.0 Å². The predicted octanol–water partition coefficient (Wildman–Crippen LogP) is 5.66. The first-order valence-corrected chi connectivity index (χ1v) is 10.7. The first-order chi connectivity index (χ1) is 14.1. The highest BCUT2D eigenvalue weighted by Gasteiger charge is 2.30. The highest BCUT2D eigenvalue weighted by Crippen LogP contribution is 2.28. The average molecular weight is 474 g/mol. The van der Waals surface area contributed by atoms with Crippen LogP contribution >= 0.6 is 34.8 Å². The molecule has 162 valence electrons. The Hall–Kier alpha value is -1.82. The van der Waals surface area contributed by atoms with Crippen molar-refractivity contribution in [2.24, 2.45) is 0 Å². The molecular formula is C22H24Cl3FN2O2. The van der Waals surface area contributed by atoms with Gasteiger partial charge >= 0.3 is 0 Å². The van der Waals surface area contributed by atoms with Gasteiger partial charge < -0.3 is 10.2 Å². The second-order valence-corrected chi connectivity index (χ2v) is 8.41. The van der Waals surface area contributed by atoms with Gasteiger partial charge in [0, 0.05) is 38.8 Å². The Balaban J connectivity index is 2.43. The van der Waals surface area contributed by atoms with E-state index in [0.717, 1.165) is 0 Å². The third-order valence-corrected chi connectivity index (χ3v) is 5.66. The summed E-state index contributed by atoms with van der Waals surface area (Å²) in [5.74, 6) is -1.33. The summed E-state index contributed by atoms with van der Waals surface area (Å²) < 4.78 is 14.3. The summed E-state index contributed by atoms with van der Waals surface area (Å²) in [5.41, 5.74) is 0.600. The molecule has 0 fully saturated rings. The van der Waals surface area contributed by atoms with Crippen LogP contribution < -0.4 is 5.32 Å². The van der Waals surface area contributed by atoms with Crippen LogP contribution in [0.2, 0.25) is 15.1 Å². The standard InChI is InChI=1S/C22H24Cl3FN2O2/c1-4-20(22(30)27-13(2)3)28(12-15-17(24)7-5-8-18(15)25)21(29)11-14-16(23)9-6-10-19(14)26/h5-10,13,20H,4,11-12H2,1-3H3,(H,27,30)/t20-/m1/s1. The normalized spacial score (nSPS) is 12.0. The second-order valence-electron chi connectivity index (χ2n) is 7.19. The molecular weight excluding hydrogens is 450 g/mol. The first kappa shape index (κ1) is 24.4. The zero-order valence-corrected chi connectivity index (χ0v) is 19.3. The van der Waals surface area contributed by atoms with E-state index >= 15 is 0 Å². The molecule has 2 rings (SSSR count). The molecule has 2 amide bonds. The number of hydrogen-bond donors (Lipinski definition) is 1. The van der Waals surface area contributed by atoms with Crippen LogP contribution in [-0.2, 0) is 22.6 Å². The summed E-state index contributed by atoms with van der Waals surface area (Å²) >= 11 is 18.7. The van der Waals surface area contributed by atoms with E-state index in [-0.39, 0.29) is 35.5 Å². The number of carbonyl (C=O) groups excluding carboxylic acids is 2. The molecule has 0 saturated carbocycles. The fourth-order valence-corrected chi connectivity index (χ4v) is 3.85. The number of carbonyl (C=O) groups is 2. The van der Waals surface area contributed by atoms with Gasteiger partial charge in [-0.1, -0.05) is 53.9 Å². The number of benzene rings is 2. The first-order valence-electron chi connectivity index (χ1n) is 9.61. The highest BCUT2D eigenvalue weighted by molar-refractivity contribution is 6.36. The molecule has 0 aromatic heterocycles. The zero-order valence-electron chi connectivity index (χ0n) is 17.0. The summed E-state index contributed by atoms with van der Waals surface area (Å²) in [4.78, 5) is 27.5. The smallest absolute Gasteiger partial charge is 0.243 e. The summed E-state index contributed by atoms with van der Waals surface area (Å²) in [5, 5.41) is 3.74. The maximum absolute atomic E-state index is 14.3. The van der Waals surface area contributed by atoms with Gasteiger partial charge in [-0.2, -0.15) is 0 Å². The molecule has 0 bridgehead atoms. The van der Waals surface area contributed by atoms with Crippen LogP contribution in [0.4, 0.5) is 4.39 Å². The number of hydrogen-bond acceptors (Lipinski definition) is 2. The third kappa shape index (κ3) is 6.10. The Bertz CT molecular complexity index is 881. The fourth-order valence-electron chi connectivity index (χ4n) is 3.11. The number of rotatable bonds is 8. The van der Waals surface area contributed by atoms with Crippen LogP contribution in [0, 0.1) is 5.82 Å². The van der Waals surface area contributed by atoms with Crippen LogP contribution in [0.5, 0.6) is 0 Å². The van der Waals surface area contributed by atoms with Crippen molar-refractivity contribution in [2.45, 2.75) is 52.2 Å². The van der Waals surface area contributed by atoms with Crippen LogP contribution in [0.3, 0.4) is 0 Å². The van der Waals surface area contributed by atoms with E-state index in [0.29, 0.717) is 22.0 Å². The monoisotopic (exact) mass is 472 g/mol. The molecule has 0 aliphatic rings. The Morgan fingerprint density at radius 3 is 2.03 bits per heavy atom. The van der Waals surface area contributed by atoms with Gasteiger partial charge in [0.2, 0.25) is 11.8 Å². The molecule has 8 heteroatoms. The molecule has 0 unspecified atom stereocenters. The van der Waals surface area contributed by atoms with E-state index < -0.39 is 17.8 Å². The number of halogens is 4. The van der Waals surface area contributed by atoms with Crippen molar-refractivity contribution in [3.05, 3.63) is 68.4 Å². The minimum Gasteiger partial charge on any atom is -0.352 e. The lowest BCUT2D eigenvalue weighted by Gasteiger charge is -2.32. The third-order valence-electron chi connectivity index (χ3n) is 4.60. The number of nitrogens with zero attached hydrogens (tertiary/aromatic N) is 1. The molecule has 0 heterocycles. The maximum atomic E-state index is 14.3. The minimum absolute atomic E-state index is 0.00737. The van der Waals surface area contributed by atoms with E-state index in [4.69, 9.17) is 34.8 Å². The highest BCUT2D eigenvalue weighted by atomic mass is 35.5. The van der Waals surface area contributed by atoms with E-state index in [2.05, 4.69) is 5.32 Å². The molecule has 4 nitrogen and oxygen atoms in total. The van der Waals surface area contributed by atoms with Crippen molar-refractivity contribution in [1.82, 2.24) is 10.2 Å².